The van der Waals surface area contributed by atoms with Gasteiger partial charge in [0.05, 0.1) is 0 Å². The van der Waals surface area contributed by atoms with Crippen LogP contribution in [0, 0.1) is 32.4 Å². The van der Waals surface area contributed by atoms with Crippen molar-refractivity contribution in [1.82, 2.24) is 0 Å². The van der Waals surface area contributed by atoms with Crippen LogP contribution in [0.4, 0.5) is 0 Å². The monoisotopic (exact) mass is 334 g/mol. The van der Waals surface area contributed by atoms with E-state index >= 15 is 0 Å². The molecule has 0 N–H and O–H groups in total. The third-order valence-corrected chi connectivity index (χ3v) is 5.53. The first-order valence-electron chi connectivity index (χ1n) is 8.63. The zero-order valence-electron chi connectivity index (χ0n) is 15.1. The third kappa shape index (κ3) is 5.67. The summed E-state index contributed by atoms with van der Waals surface area (Å²) in [5.74, 6) is 3.36. The van der Waals surface area contributed by atoms with E-state index in [0.29, 0.717) is 8.58 Å². The zero-order chi connectivity index (χ0) is 17.4. The van der Waals surface area contributed by atoms with Gasteiger partial charge < -0.3 is 0 Å². The number of benzene rings is 2. The lowest BCUT2D eigenvalue weighted by Gasteiger charge is -2.07. The predicted octanol–water partition coefficient (Wildman–Crippen LogP) is 5.93. The predicted molar refractivity (Wildman–Crippen MR) is 110 cm³/mol. The first kappa shape index (κ1) is 18.5. The van der Waals surface area contributed by atoms with Crippen LogP contribution in [0.15, 0.2) is 43.0 Å². The van der Waals surface area contributed by atoms with Gasteiger partial charge in [0.15, 0.2) is 0 Å². The van der Waals surface area contributed by atoms with Crippen molar-refractivity contribution in [3.63, 3.8) is 0 Å². The largest absolute Gasteiger partial charge is 0.0986 e. The highest BCUT2D eigenvalue weighted by Crippen LogP contribution is 2.17. The summed E-state index contributed by atoms with van der Waals surface area (Å²) in [6.07, 6.45) is 6.40. The molecule has 0 saturated carbocycles. The van der Waals surface area contributed by atoms with E-state index in [0.717, 1.165) is 12.8 Å². The van der Waals surface area contributed by atoms with Gasteiger partial charge in [0.25, 0.3) is 0 Å². The minimum Gasteiger partial charge on any atom is -0.0986 e. The Balaban J connectivity index is 1.73. The number of hydrogen-bond donors (Lipinski definition) is 0. The van der Waals surface area contributed by atoms with Crippen molar-refractivity contribution < 1.29 is 0 Å². The zero-order valence-corrected chi connectivity index (χ0v) is 16.1. The maximum atomic E-state index is 3.79. The quantitative estimate of drug-likeness (QED) is 0.349. The van der Waals surface area contributed by atoms with Gasteiger partial charge in [-0.2, -0.15) is 0 Å². The summed E-state index contributed by atoms with van der Waals surface area (Å²) in [6.45, 7) is 10.3. The SMILES string of the molecule is C=Cc1ccc(CCCCC#CPc2c(C)cc(C)cc2C)cc1. The highest BCUT2D eigenvalue weighted by Gasteiger charge is 2.01. The summed E-state index contributed by atoms with van der Waals surface area (Å²) in [7, 11) is 0.611. The molecule has 0 fully saturated rings. The number of rotatable bonds is 6. The summed E-state index contributed by atoms with van der Waals surface area (Å²) in [6, 6.07) is 13.2. The molecule has 2 aromatic rings. The van der Waals surface area contributed by atoms with E-state index in [2.05, 4.69) is 75.3 Å². The summed E-state index contributed by atoms with van der Waals surface area (Å²) in [5, 5.41) is 1.43. The van der Waals surface area contributed by atoms with E-state index in [1.165, 1.54) is 46.0 Å². The van der Waals surface area contributed by atoms with E-state index in [4.69, 9.17) is 0 Å². The molecule has 0 heterocycles. The van der Waals surface area contributed by atoms with Crippen molar-refractivity contribution in [2.45, 2.75) is 46.5 Å². The molecule has 0 amide bonds. The number of aryl methyl sites for hydroxylation is 4. The Morgan fingerprint density at radius 1 is 1.00 bits per heavy atom. The Morgan fingerprint density at radius 3 is 2.29 bits per heavy atom. The van der Waals surface area contributed by atoms with Crippen molar-refractivity contribution in [2.75, 3.05) is 0 Å². The minimum atomic E-state index is 0.611. The van der Waals surface area contributed by atoms with Crippen molar-refractivity contribution >= 4 is 20.0 Å². The van der Waals surface area contributed by atoms with Crippen LogP contribution in [-0.2, 0) is 6.42 Å². The molecular weight excluding hydrogens is 307 g/mol. The molecule has 1 heteroatoms. The molecule has 0 spiro atoms. The fourth-order valence-corrected chi connectivity index (χ4v) is 3.79. The summed E-state index contributed by atoms with van der Waals surface area (Å²) in [4.78, 5) is 0. The molecular formula is C23H27P. The molecule has 24 heavy (non-hydrogen) atoms. The Hall–Kier alpha value is -1.83. The Bertz CT molecular complexity index is 719. The average Bonchev–Trinajstić information content (AvgIpc) is 2.56. The summed E-state index contributed by atoms with van der Waals surface area (Å²) >= 11 is 0. The van der Waals surface area contributed by atoms with Crippen molar-refractivity contribution in [2.24, 2.45) is 0 Å². The van der Waals surface area contributed by atoms with Gasteiger partial charge in [-0.05, 0) is 76.2 Å². The average molecular weight is 334 g/mol. The fourth-order valence-electron chi connectivity index (χ4n) is 2.91. The van der Waals surface area contributed by atoms with Crippen LogP contribution in [0.5, 0.6) is 0 Å². The highest BCUT2D eigenvalue weighted by molar-refractivity contribution is 7.52. The van der Waals surface area contributed by atoms with Gasteiger partial charge in [-0.25, -0.2) is 0 Å². The standard InChI is InChI=1S/C23H27P/c1-5-21-11-13-22(14-12-21)10-8-6-7-9-15-24-23-19(3)16-18(2)17-20(23)4/h5,11-14,16-17,24H,1,6-8,10H2,2-4H3. The number of hydrogen-bond acceptors (Lipinski definition) is 0. The van der Waals surface area contributed by atoms with Gasteiger partial charge in [0.2, 0.25) is 0 Å². The van der Waals surface area contributed by atoms with Crippen LogP contribution >= 0.6 is 8.58 Å². The second kappa shape index (κ2) is 9.46. The number of unbranched alkanes of at least 4 members (excludes halogenated alkanes) is 2. The smallest absolute Gasteiger partial charge is 0.00922 e. The second-order valence-electron chi connectivity index (χ2n) is 6.35. The molecule has 1 atom stereocenters. The van der Waals surface area contributed by atoms with Crippen molar-refractivity contribution in [1.29, 1.82) is 0 Å². The normalized spacial score (nSPS) is 10.6. The second-order valence-corrected chi connectivity index (χ2v) is 7.35. The van der Waals surface area contributed by atoms with Gasteiger partial charge >= 0.3 is 0 Å². The molecule has 0 aliphatic rings. The topological polar surface area (TPSA) is 0 Å². The molecule has 124 valence electrons. The van der Waals surface area contributed by atoms with Crippen LogP contribution < -0.4 is 5.30 Å². The van der Waals surface area contributed by atoms with Crippen molar-refractivity contribution in [3.8, 4) is 11.6 Å². The van der Waals surface area contributed by atoms with Crippen LogP contribution in [0.2, 0.25) is 0 Å². The van der Waals surface area contributed by atoms with Crippen molar-refractivity contribution in [3.05, 3.63) is 70.8 Å². The van der Waals surface area contributed by atoms with Crippen LogP contribution in [0.25, 0.3) is 6.08 Å². The Kier molecular flexibility index (Phi) is 7.30. The van der Waals surface area contributed by atoms with Gasteiger partial charge in [-0.15, -0.1) is 0 Å². The minimum absolute atomic E-state index is 0.611. The molecule has 1 unspecified atom stereocenters. The maximum absolute atomic E-state index is 3.79. The molecule has 0 aliphatic heterocycles. The lowest BCUT2D eigenvalue weighted by molar-refractivity contribution is 0.756. The Labute approximate surface area is 149 Å². The first-order chi connectivity index (χ1) is 11.6. The molecule has 0 radical (unpaired) electrons. The summed E-state index contributed by atoms with van der Waals surface area (Å²) < 4.78 is 0. The molecule has 0 saturated heterocycles. The molecule has 0 nitrogen and oxygen atoms in total. The first-order valence-corrected chi connectivity index (χ1v) is 9.63. The van der Waals surface area contributed by atoms with E-state index in [1.807, 2.05) is 6.08 Å². The highest BCUT2D eigenvalue weighted by atomic mass is 31.1. The van der Waals surface area contributed by atoms with Gasteiger partial charge in [-0.1, -0.05) is 66.2 Å². The van der Waals surface area contributed by atoms with E-state index in [1.54, 1.807) is 0 Å². The van der Waals surface area contributed by atoms with E-state index in [-0.39, 0.29) is 0 Å². The fraction of sp³-hybridized carbons (Fsp3) is 0.304. The molecule has 0 aromatic heterocycles. The van der Waals surface area contributed by atoms with Gasteiger partial charge in [-0.3, -0.25) is 0 Å². The van der Waals surface area contributed by atoms with Gasteiger partial charge in [0.1, 0.15) is 0 Å². The lowest BCUT2D eigenvalue weighted by atomic mass is 10.1. The molecule has 2 aromatic carbocycles. The third-order valence-electron chi connectivity index (χ3n) is 4.19. The van der Waals surface area contributed by atoms with Crippen LogP contribution in [-0.4, -0.2) is 0 Å². The molecule has 0 aliphatic carbocycles. The molecule has 0 bridgehead atoms. The lowest BCUT2D eigenvalue weighted by Crippen LogP contribution is -2.04. The molecule has 2 rings (SSSR count). The van der Waals surface area contributed by atoms with E-state index < -0.39 is 0 Å². The maximum Gasteiger partial charge on any atom is 0.00922 e. The van der Waals surface area contributed by atoms with E-state index in [9.17, 15) is 0 Å². The van der Waals surface area contributed by atoms with Gasteiger partial charge in [0, 0.05) is 6.42 Å². The summed E-state index contributed by atoms with van der Waals surface area (Å²) in [5.41, 5.74) is 10.1. The van der Waals surface area contributed by atoms with Crippen LogP contribution in [0.3, 0.4) is 0 Å². The van der Waals surface area contributed by atoms with Crippen LogP contribution in [0.1, 0.15) is 47.1 Å². The Morgan fingerprint density at radius 2 is 1.67 bits per heavy atom.